The topological polar surface area (TPSA) is 50.9 Å². The molecule has 0 fully saturated rings. The quantitative estimate of drug-likeness (QED) is 0.749. The molecule has 66 valence electrons. The second-order valence-electron chi connectivity index (χ2n) is 2.53. The predicted molar refractivity (Wildman–Crippen MR) is 51.5 cm³/mol. The fraction of sp³-hybridized carbons (Fsp3) is 0.375. The van der Waals surface area contributed by atoms with Crippen molar-refractivity contribution in [3.05, 3.63) is 22.8 Å². The first-order chi connectivity index (χ1) is 5.74. The number of hydrogen-bond acceptors (Lipinski definition) is 3. The van der Waals surface area contributed by atoms with E-state index in [4.69, 9.17) is 17.3 Å². The fourth-order valence-electron chi connectivity index (χ4n) is 0.916. The molecule has 0 aliphatic heterocycles. The van der Waals surface area contributed by atoms with Gasteiger partial charge in [-0.2, -0.15) is 0 Å². The molecule has 12 heavy (non-hydrogen) atoms. The van der Waals surface area contributed by atoms with E-state index in [1.165, 1.54) is 0 Å². The van der Waals surface area contributed by atoms with Crippen molar-refractivity contribution >= 4 is 17.4 Å². The minimum atomic E-state index is 0.601. The number of aromatic nitrogens is 1. The normalized spacial score (nSPS) is 9.92. The van der Waals surface area contributed by atoms with Gasteiger partial charge in [-0.05, 0) is 18.6 Å². The Morgan fingerprint density at radius 1 is 1.67 bits per heavy atom. The molecule has 0 saturated carbocycles. The molecule has 1 aromatic heterocycles. The summed E-state index contributed by atoms with van der Waals surface area (Å²) < 4.78 is 0. The van der Waals surface area contributed by atoms with Crippen LogP contribution in [0.15, 0.2) is 12.3 Å². The van der Waals surface area contributed by atoms with Crippen LogP contribution < -0.4 is 11.1 Å². The van der Waals surface area contributed by atoms with Crippen molar-refractivity contribution in [1.82, 2.24) is 4.98 Å². The average Bonchev–Trinajstić information content (AvgIpc) is 2.03. The Morgan fingerprint density at radius 3 is 3.00 bits per heavy atom. The molecule has 0 atom stereocenters. The first-order valence-corrected chi connectivity index (χ1v) is 4.18. The van der Waals surface area contributed by atoms with Gasteiger partial charge in [0.25, 0.3) is 0 Å². The first-order valence-electron chi connectivity index (χ1n) is 3.80. The SMILES string of the molecule is Cc1cc(Cl)cnc1NCCN. The Bertz CT molecular complexity index is 262. The Balaban J connectivity index is 2.72. The predicted octanol–water partition coefficient (Wildman–Crippen LogP) is 1.41. The molecule has 0 radical (unpaired) electrons. The van der Waals surface area contributed by atoms with Gasteiger partial charge in [-0.25, -0.2) is 4.98 Å². The van der Waals surface area contributed by atoms with Crippen molar-refractivity contribution in [2.75, 3.05) is 18.4 Å². The van der Waals surface area contributed by atoms with Gasteiger partial charge in [-0.3, -0.25) is 0 Å². The number of halogens is 1. The van der Waals surface area contributed by atoms with Crippen LogP contribution in [0.2, 0.25) is 5.02 Å². The summed E-state index contributed by atoms with van der Waals surface area (Å²) in [6.07, 6.45) is 1.62. The highest BCUT2D eigenvalue weighted by molar-refractivity contribution is 6.30. The third-order valence-electron chi connectivity index (χ3n) is 1.48. The number of nitrogens with zero attached hydrogens (tertiary/aromatic N) is 1. The average molecular weight is 186 g/mol. The van der Waals surface area contributed by atoms with Gasteiger partial charge in [-0.1, -0.05) is 11.6 Å². The van der Waals surface area contributed by atoms with Gasteiger partial charge >= 0.3 is 0 Å². The summed E-state index contributed by atoms with van der Waals surface area (Å²) in [5, 5.41) is 3.75. The number of nitrogens with two attached hydrogens (primary N) is 1. The summed E-state index contributed by atoms with van der Waals surface area (Å²) in [6.45, 7) is 3.29. The summed E-state index contributed by atoms with van der Waals surface area (Å²) in [6, 6.07) is 1.87. The van der Waals surface area contributed by atoms with Crippen molar-refractivity contribution in [1.29, 1.82) is 0 Å². The van der Waals surface area contributed by atoms with Gasteiger partial charge in [0.15, 0.2) is 0 Å². The van der Waals surface area contributed by atoms with Gasteiger partial charge in [-0.15, -0.1) is 0 Å². The Hall–Kier alpha value is -0.800. The molecule has 4 heteroatoms. The molecule has 0 aromatic carbocycles. The van der Waals surface area contributed by atoms with Crippen LogP contribution >= 0.6 is 11.6 Å². The molecule has 1 aromatic rings. The number of rotatable bonds is 3. The van der Waals surface area contributed by atoms with Crippen LogP contribution in [0.4, 0.5) is 5.82 Å². The van der Waals surface area contributed by atoms with Crippen LogP contribution in [0.25, 0.3) is 0 Å². The molecule has 0 saturated heterocycles. The lowest BCUT2D eigenvalue weighted by Gasteiger charge is -2.06. The fourth-order valence-corrected chi connectivity index (χ4v) is 1.13. The first kappa shape index (κ1) is 9.29. The lowest BCUT2D eigenvalue weighted by atomic mass is 10.3. The van der Waals surface area contributed by atoms with Gasteiger partial charge in [0.2, 0.25) is 0 Å². The highest BCUT2D eigenvalue weighted by atomic mass is 35.5. The van der Waals surface area contributed by atoms with Crippen LogP contribution in [-0.2, 0) is 0 Å². The minimum absolute atomic E-state index is 0.601. The van der Waals surface area contributed by atoms with E-state index in [1.807, 2.05) is 13.0 Å². The van der Waals surface area contributed by atoms with Gasteiger partial charge in [0.1, 0.15) is 5.82 Å². The number of nitrogens with one attached hydrogen (secondary N) is 1. The second kappa shape index (κ2) is 4.28. The zero-order valence-electron chi connectivity index (χ0n) is 6.97. The molecular formula is C8H12ClN3. The number of hydrogen-bond donors (Lipinski definition) is 2. The highest BCUT2D eigenvalue weighted by Gasteiger charge is 1.98. The van der Waals surface area contributed by atoms with Crippen molar-refractivity contribution in [3.63, 3.8) is 0 Å². The molecule has 0 aliphatic rings. The molecule has 3 N–H and O–H groups in total. The molecular weight excluding hydrogens is 174 g/mol. The zero-order chi connectivity index (χ0) is 8.97. The zero-order valence-corrected chi connectivity index (χ0v) is 7.73. The summed E-state index contributed by atoms with van der Waals surface area (Å²) in [5.74, 6) is 0.852. The summed E-state index contributed by atoms with van der Waals surface area (Å²) in [7, 11) is 0. The van der Waals surface area contributed by atoms with E-state index in [1.54, 1.807) is 6.20 Å². The molecule has 0 amide bonds. The van der Waals surface area contributed by atoms with Crippen molar-refractivity contribution < 1.29 is 0 Å². The smallest absolute Gasteiger partial charge is 0.128 e. The van der Waals surface area contributed by atoms with Gasteiger partial charge in [0.05, 0.1) is 5.02 Å². The Morgan fingerprint density at radius 2 is 2.42 bits per heavy atom. The van der Waals surface area contributed by atoms with Gasteiger partial charge < -0.3 is 11.1 Å². The maximum atomic E-state index is 5.74. The van der Waals surface area contributed by atoms with Crippen LogP contribution in [0.5, 0.6) is 0 Å². The van der Waals surface area contributed by atoms with E-state index in [0.29, 0.717) is 11.6 Å². The maximum Gasteiger partial charge on any atom is 0.128 e. The van der Waals surface area contributed by atoms with Crippen LogP contribution in [0, 0.1) is 6.92 Å². The van der Waals surface area contributed by atoms with E-state index in [2.05, 4.69) is 10.3 Å². The Kier molecular flexibility index (Phi) is 3.31. The summed E-state index contributed by atoms with van der Waals surface area (Å²) in [5.41, 5.74) is 6.38. The second-order valence-corrected chi connectivity index (χ2v) is 2.97. The maximum absolute atomic E-state index is 5.74. The lowest BCUT2D eigenvalue weighted by molar-refractivity contribution is 1.01. The van der Waals surface area contributed by atoms with Crippen molar-refractivity contribution in [2.24, 2.45) is 5.73 Å². The monoisotopic (exact) mass is 185 g/mol. The van der Waals surface area contributed by atoms with E-state index in [9.17, 15) is 0 Å². The molecule has 1 rings (SSSR count). The molecule has 0 spiro atoms. The number of anilines is 1. The molecule has 3 nitrogen and oxygen atoms in total. The third kappa shape index (κ3) is 2.36. The molecule has 0 aliphatic carbocycles. The minimum Gasteiger partial charge on any atom is -0.369 e. The largest absolute Gasteiger partial charge is 0.369 e. The standard InChI is InChI=1S/C8H12ClN3/c1-6-4-7(9)5-12-8(6)11-3-2-10/h4-5H,2-3,10H2,1H3,(H,11,12). The number of pyridine rings is 1. The number of aryl methyl sites for hydroxylation is 1. The van der Waals surface area contributed by atoms with Crippen molar-refractivity contribution in [2.45, 2.75) is 6.92 Å². The Labute approximate surface area is 76.9 Å². The third-order valence-corrected chi connectivity index (χ3v) is 1.69. The van der Waals surface area contributed by atoms with E-state index >= 15 is 0 Å². The van der Waals surface area contributed by atoms with E-state index < -0.39 is 0 Å². The van der Waals surface area contributed by atoms with Crippen molar-refractivity contribution in [3.8, 4) is 0 Å². The van der Waals surface area contributed by atoms with Crippen LogP contribution in [0.1, 0.15) is 5.56 Å². The highest BCUT2D eigenvalue weighted by Crippen LogP contribution is 2.15. The van der Waals surface area contributed by atoms with Crippen LogP contribution in [0.3, 0.4) is 0 Å². The molecule has 0 unspecified atom stereocenters. The van der Waals surface area contributed by atoms with E-state index in [-0.39, 0.29) is 0 Å². The summed E-state index contributed by atoms with van der Waals surface area (Å²) in [4.78, 5) is 4.12. The molecule has 1 heterocycles. The van der Waals surface area contributed by atoms with Crippen LogP contribution in [-0.4, -0.2) is 18.1 Å². The lowest BCUT2D eigenvalue weighted by Crippen LogP contribution is -2.14. The van der Waals surface area contributed by atoms with E-state index in [0.717, 1.165) is 17.9 Å². The summed E-state index contributed by atoms with van der Waals surface area (Å²) >= 11 is 5.74. The molecule has 0 bridgehead atoms. The van der Waals surface area contributed by atoms with Gasteiger partial charge in [0, 0.05) is 19.3 Å².